The summed E-state index contributed by atoms with van der Waals surface area (Å²) in [5.41, 5.74) is -2.06. The topological polar surface area (TPSA) is 146 Å². The molecule has 1 aromatic heterocycles. The molecule has 2 heterocycles. The molecule has 202 valence electrons. The summed E-state index contributed by atoms with van der Waals surface area (Å²) in [6, 6.07) is 2.47. The van der Waals surface area contributed by atoms with Crippen molar-refractivity contribution in [3.63, 3.8) is 0 Å². The lowest BCUT2D eigenvalue weighted by Crippen LogP contribution is -2.48. The Morgan fingerprint density at radius 3 is 2.47 bits per heavy atom. The van der Waals surface area contributed by atoms with Crippen LogP contribution in [-0.4, -0.2) is 53.5 Å². The zero-order chi connectivity index (χ0) is 28.2. The third-order valence-electron chi connectivity index (χ3n) is 5.77. The van der Waals surface area contributed by atoms with Gasteiger partial charge in [-0.25, -0.2) is 9.37 Å². The first kappa shape index (κ1) is 28.2. The highest BCUT2D eigenvalue weighted by atomic mass is 19.4. The molecule has 38 heavy (non-hydrogen) atoms. The second kappa shape index (κ2) is 11.4. The molecule has 1 aliphatic rings. The molecule has 1 aromatic carbocycles. The number of hydrogen-bond donors (Lipinski definition) is 4. The van der Waals surface area contributed by atoms with E-state index in [0.717, 1.165) is 18.2 Å². The van der Waals surface area contributed by atoms with E-state index in [0.29, 0.717) is 24.8 Å². The highest BCUT2D eigenvalue weighted by Gasteiger charge is 2.36. The Labute approximate surface area is 213 Å². The Kier molecular flexibility index (Phi) is 8.43. The number of Topliss-reactive ketones (excluding diaryl/α,β-unsaturated/α-hetero) is 1. The largest absolute Gasteiger partial charge is 0.416 e. The molecule has 0 radical (unpaired) electrons. The van der Waals surface area contributed by atoms with Crippen LogP contribution in [0.25, 0.3) is 0 Å². The minimum absolute atomic E-state index is 0.191. The number of carbonyl (C=O) groups is 5. The third-order valence-corrected chi connectivity index (χ3v) is 5.77. The number of hydrogen-bond acceptors (Lipinski definition) is 6. The van der Waals surface area contributed by atoms with E-state index in [4.69, 9.17) is 0 Å². The number of pyridine rings is 1. The van der Waals surface area contributed by atoms with Gasteiger partial charge >= 0.3 is 6.18 Å². The Morgan fingerprint density at radius 2 is 1.87 bits per heavy atom. The van der Waals surface area contributed by atoms with Gasteiger partial charge in [0.25, 0.3) is 17.7 Å². The van der Waals surface area contributed by atoms with Gasteiger partial charge in [-0.2, -0.15) is 13.2 Å². The van der Waals surface area contributed by atoms with Gasteiger partial charge in [0.1, 0.15) is 11.6 Å². The number of amides is 4. The molecule has 10 nitrogen and oxygen atoms in total. The van der Waals surface area contributed by atoms with E-state index >= 15 is 0 Å². The Balaban J connectivity index is 1.86. The number of alkyl halides is 3. The number of carbonyl (C=O) groups excluding carboxylic acids is 5. The fraction of sp³-hybridized carbons (Fsp3) is 0.333. The van der Waals surface area contributed by atoms with Gasteiger partial charge in [-0.1, -0.05) is 6.07 Å². The van der Waals surface area contributed by atoms with Gasteiger partial charge in [-0.15, -0.1) is 0 Å². The average molecular weight is 537 g/mol. The first-order valence-corrected chi connectivity index (χ1v) is 11.3. The molecular formula is C24H23F4N5O5. The normalized spacial score (nSPS) is 17.8. The number of nitrogens with one attached hydrogen (secondary N) is 4. The predicted octanol–water partition coefficient (Wildman–Crippen LogP) is 1.82. The van der Waals surface area contributed by atoms with E-state index in [9.17, 15) is 41.5 Å². The summed E-state index contributed by atoms with van der Waals surface area (Å²) in [5, 5.41) is 9.25. The summed E-state index contributed by atoms with van der Waals surface area (Å²) >= 11 is 0. The van der Waals surface area contributed by atoms with E-state index in [1.165, 1.54) is 7.05 Å². The smallest absolute Gasteiger partial charge is 0.353 e. The molecule has 4 N–H and O–H groups in total. The van der Waals surface area contributed by atoms with Crippen molar-refractivity contribution >= 4 is 35.2 Å². The molecule has 3 atom stereocenters. The number of nitrogens with zero attached hydrogens (tertiary/aromatic N) is 1. The lowest BCUT2D eigenvalue weighted by atomic mass is 9.94. The van der Waals surface area contributed by atoms with Crippen molar-refractivity contribution in [1.29, 1.82) is 0 Å². The Hall–Kier alpha value is -4.36. The lowest BCUT2D eigenvalue weighted by molar-refractivity contribution is -0.139. The van der Waals surface area contributed by atoms with Crippen LogP contribution in [0.2, 0.25) is 0 Å². The van der Waals surface area contributed by atoms with Crippen LogP contribution in [0.1, 0.15) is 46.0 Å². The first-order chi connectivity index (χ1) is 17.8. The van der Waals surface area contributed by atoms with E-state index in [-0.39, 0.29) is 18.4 Å². The van der Waals surface area contributed by atoms with Crippen molar-refractivity contribution in [3.05, 3.63) is 59.0 Å². The van der Waals surface area contributed by atoms with Crippen LogP contribution in [-0.2, 0) is 20.6 Å². The van der Waals surface area contributed by atoms with Gasteiger partial charge in [0.05, 0.1) is 23.4 Å². The van der Waals surface area contributed by atoms with Crippen LogP contribution in [0.3, 0.4) is 0 Å². The average Bonchev–Trinajstić information content (AvgIpc) is 3.19. The quantitative estimate of drug-likeness (QED) is 0.299. The van der Waals surface area contributed by atoms with Gasteiger partial charge in [-0.05, 0) is 44.0 Å². The molecule has 14 heteroatoms. The van der Waals surface area contributed by atoms with Crippen molar-refractivity contribution in [1.82, 2.24) is 20.9 Å². The highest BCUT2D eigenvalue weighted by Crippen LogP contribution is 2.30. The fourth-order valence-electron chi connectivity index (χ4n) is 3.92. The Bertz CT molecular complexity index is 1280. The number of likely N-dealkylation sites (N-methyl/N-ethyl adjacent to an activating group) is 1. The summed E-state index contributed by atoms with van der Waals surface area (Å²) in [4.78, 5) is 66.1. The second-order valence-electron chi connectivity index (χ2n) is 8.63. The van der Waals surface area contributed by atoms with Gasteiger partial charge < -0.3 is 21.3 Å². The molecule has 1 saturated heterocycles. The van der Waals surface area contributed by atoms with Crippen molar-refractivity contribution < 1.29 is 41.5 Å². The lowest BCUT2D eigenvalue weighted by Gasteiger charge is -2.20. The van der Waals surface area contributed by atoms with Crippen LogP contribution >= 0.6 is 0 Å². The van der Waals surface area contributed by atoms with Crippen molar-refractivity contribution in [3.8, 4) is 0 Å². The van der Waals surface area contributed by atoms with Gasteiger partial charge in [0.2, 0.25) is 11.7 Å². The molecule has 1 fully saturated rings. The number of halogens is 4. The number of aromatic nitrogens is 1. The van der Waals surface area contributed by atoms with Crippen molar-refractivity contribution in [2.75, 3.05) is 12.4 Å². The summed E-state index contributed by atoms with van der Waals surface area (Å²) in [7, 11) is 1.20. The fourth-order valence-corrected chi connectivity index (χ4v) is 3.92. The predicted molar refractivity (Wildman–Crippen MR) is 124 cm³/mol. The van der Waals surface area contributed by atoms with Crippen LogP contribution in [0.15, 0.2) is 36.5 Å². The zero-order valence-electron chi connectivity index (χ0n) is 20.1. The van der Waals surface area contributed by atoms with Crippen molar-refractivity contribution in [2.24, 2.45) is 5.92 Å². The maximum atomic E-state index is 14.0. The van der Waals surface area contributed by atoms with E-state index in [2.05, 4.69) is 26.3 Å². The molecule has 0 saturated carbocycles. The number of rotatable bonds is 8. The van der Waals surface area contributed by atoms with Crippen LogP contribution in [0.4, 0.5) is 23.4 Å². The van der Waals surface area contributed by atoms with Crippen LogP contribution < -0.4 is 21.3 Å². The standard InChI is InChI=1S/C24H23F4N5O5/c1-11-6-13(21(36)31-11)8-17(18(34)23(38)29-2)32-22(37)16-9-15(25)10-30-19(16)33-20(35)12-4-3-5-14(7-12)24(26,27)28/h3-5,7,9-11,13,17H,6,8H2,1-2H3,(H,29,38)(H,31,36)(H,32,37)(H,30,33,35)/t11-,13+,17?/m1/s1. The maximum Gasteiger partial charge on any atom is 0.416 e. The molecule has 1 unspecified atom stereocenters. The summed E-state index contributed by atoms with van der Waals surface area (Å²) in [6.07, 6.45) is -3.94. The zero-order valence-corrected chi connectivity index (χ0v) is 20.1. The minimum atomic E-state index is -4.71. The van der Waals surface area contributed by atoms with Gasteiger partial charge in [0.15, 0.2) is 0 Å². The van der Waals surface area contributed by atoms with Crippen LogP contribution in [0.5, 0.6) is 0 Å². The maximum absolute atomic E-state index is 14.0. The molecule has 0 aliphatic carbocycles. The third kappa shape index (κ3) is 6.69. The molecule has 0 bridgehead atoms. The molecule has 0 spiro atoms. The molecular weight excluding hydrogens is 514 g/mol. The SMILES string of the molecule is CNC(=O)C(=O)C(C[C@@H]1C[C@@H](C)NC1=O)NC(=O)c1cc(F)cnc1NC(=O)c1cccc(C(F)(F)F)c1. The Morgan fingerprint density at radius 1 is 1.16 bits per heavy atom. The number of anilines is 1. The second-order valence-corrected chi connectivity index (χ2v) is 8.63. The van der Waals surface area contributed by atoms with E-state index in [1.54, 1.807) is 6.92 Å². The molecule has 3 rings (SSSR count). The van der Waals surface area contributed by atoms with E-state index < -0.39 is 70.0 Å². The molecule has 4 amide bonds. The monoisotopic (exact) mass is 537 g/mol. The summed E-state index contributed by atoms with van der Waals surface area (Å²) in [6.45, 7) is 1.74. The number of benzene rings is 1. The molecule has 1 aliphatic heterocycles. The minimum Gasteiger partial charge on any atom is -0.353 e. The van der Waals surface area contributed by atoms with Crippen molar-refractivity contribution in [2.45, 2.75) is 38.0 Å². The van der Waals surface area contributed by atoms with Gasteiger partial charge in [0, 0.05) is 24.6 Å². The molecule has 2 aromatic rings. The number of ketones is 1. The highest BCUT2D eigenvalue weighted by molar-refractivity contribution is 6.38. The van der Waals surface area contributed by atoms with Gasteiger partial charge in [-0.3, -0.25) is 24.0 Å². The van der Waals surface area contributed by atoms with E-state index in [1.807, 2.05) is 0 Å². The van der Waals surface area contributed by atoms with Crippen LogP contribution in [0, 0.1) is 11.7 Å². The summed E-state index contributed by atoms with van der Waals surface area (Å²) < 4.78 is 53.0. The first-order valence-electron chi connectivity index (χ1n) is 11.3. The summed E-state index contributed by atoms with van der Waals surface area (Å²) in [5.74, 6) is -6.87.